The van der Waals surface area contributed by atoms with Crippen molar-refractivity contribution in [3.63, 3.8) is 0 Å². The van der Waals surface area contributed by atoms with E-state index in [0.29, 0.717) is 6.04 Å². The fourth-order valence-corrected chi connectivity index (χ4v) is 1.86. The molecule has 2 heteroatoms. The molecule has 0 aliphatic rings. The van der Waals surface area contributed by atoms with Gasteiger partial charge < -0.3 is 10.2 Å². The van der Waals surface area contributed by atoms with Gasteiger partial charge in [0.1, 0.15) is 0 Å². The first-order valence-electron chi connectivity index (χ1n) is 7.11. The fraction of sp³-hybridized carbons (Fsp3) is 0.625. The molecule has 1 rings (SSSR count). The van der Waals surface area contributed by atoms with Crippen molar-refractivity contribution in [3.8, 4) is 0 Å². The van der Waals surface area contributed by atoms with Gasteiger partial charge in [-0.2, -0.15) is 0 Å². The van der Waals surface area contributed by atoms with E-state index in [4.69, 9.17) is 0 Å². The van der Waals surface area contributed by atoms with E-state index >= 15 is 0 Å². The van der Waals surface area contributed by atoms with Gasteiger partial charge in [0.05, 0.1) is 0 Å². The Bertz CT molecular complexity index is 316. The monoisotopic (exact) mass is 248 g/mol. The lowest BCUT2D eigenvalue weighted by Crippen LogP contribution is -2.21. The van der Waals surface area contributed by atoms with Crippen molar-refractivity contribution in [1.82, 2.24) is 10.2 Å². The van der Waals surface area contributed by atoms with Crippen LogP contribution in [0.4, 0.5) is 0 Å². The van der Waals surface area contributed by atoms with Crippen molar-refractivity contribution in [1.29, 1.82) is 0 Å². The van der Waals surface area contributed by atoms with Crippen LogP contribution in [0.3, 0.4) is 0 Å². The van der Waals surface area contributed by atoms with Gasteiger partial charge in [0.25, 0.3) is 0 Å². The molecule has 0 heterocycles. The summed E-state index contributed by atoms with van der Waals surface area (Å²) in [6.07, 6.45) is 2.43. The van der Waals surface area contributed by atoms with Gasteiger partial charge in [0.15, 0.2) is 0 Å². The molecule has 1 N–H and O–H groups in total. The lowest BCUT2D eigenvalue weighted by molar-refractivity contribution is 0.347. The minimum Gasteiger partial charge on any atom is -0.310 e. The van der Waals surface area contributed by atoms with E-state index in [0.717, 1.165) is 13.1 Å². The number of nitrogens with one attached hydrogen (secondary N) is 1. The third-order valence-corrected chi connectivity index (χ3v) is 3.28. The zero-order valence-corrected chi connectivity index (χ0v) is 12.4. The molecule has 0 atom stereocenters. The van der Waals surface area contributed by atoms with Crippen LogP contribution < -0.4 is 5.32 Å². The molecule has 0 bridgehead atoms. The van der Waals surface area contributed by atoms with E-state index in [1.165, 1.54) is 30.5 Å². The molecular weight excluding hydrogens is 220 g/mol. The maximum atomic E-state index is 3.44. The van der Waals surface area contributed by atoms with Crippen LogP contribution in [0.15, 0.2) is 24.3 Å². The van der Waals surface area contributed by atoms with Crippen molar-refractivity contribution < 1.29 is 0 Å². The van der Waals surface area contributed by atoms with Crippen LogP contribution in [-0.4, -0.2) is 31.1 Å². The van der Waals surface area contributed by atoms with Crippen LogP contribution >= 0.6 is 0 Å². The first kappa shape index (κ1) is 15.2. The van der Waals surface area contributed by atoms with Gasteiger partial charge in [-0.3, -0.25) is 0 Å². The van der Waals surface area contributed by atoms with Crippen LogP contribution in [-0.2, 0) is 13.0 Å². The summed E-state index contributed by atoms with van der Waals surface area (Å²) in [4.78, 5) is 2.36. The average Bonchev–Trinajstić information content (AvgIpc) is 2.37. The van der Waals surface area contributed by atoms with E-state index < -0.39 is 0 Å². The fourth-order valence-electron chi connectivity index (χ4n) is 1.86. The minimum absolute atomic E-state index is 0.550. The van der Waals surface area contributed by atoms with Crippen molar-refractivity contribution in [3.05, 3.63) is 35.4 Å². The molecule has 0 aliphatic heterocycles. The summed E-state index contributed by atoms with van der Waals surface area (Å²) in [7, 11) is 2.18. The predicted molar refractivity (Wildman–Crippen MR) is 79.9 cm³/mol. The molecule has 0 unspecified atom stereocenters. The molecule has 0 aliphatic carbocycles. The Morgan fingerprint density at radius 3 is 2.28 bits per heavy atom. The second-order valence-electron chi connectivity index (χ2n) is 5.35. The van der Waals surface area contributed by atoms with Crippen molar-refractivity contribution >= 4 is 0 Å². The highest BCUT2D eigenvalue weighted by atomic mass is 15.1. The van der Waals surface area contributed by atoms with Crippen LogP contribution in [0.5, 0.6) is 0 Å². The average molecular weight is 248 g/mol. The first-order chi connectivity index (χ1) is 8.61. The summed E-state index contributed by atoms with van der Waals surface area (Å²) in [6.45, 7) is 9.86. The molecule has 102 valence electrons. The van der Waals surface area contributed by atoms with Crippen LogP contribution in [0.2, 0.25) is 0 Å². The van der Waals surface area contributed by atoms with E-state index in [-0.39, 0.29) is 0 Å². The number of benzene rings is 1. The quantitative estimate of drug-likeness (QED) is 0.760. The van der Waals surface area contributed by atoms with E-state index in [2.05, 4.69) is 62.3 Å². The summed E-state index contributed by atoms with van der Waals surface area (Å²) in [5.74, 6) is 0. The SMILES string of the molecule is CCN(C)CCCc1ccc(CNC(C)C)cc1. The second-order valence-corrected chi connectivity index (χ2v) is 5.35. The largest absolute Gasteiger partial charge is 0.310 e. The molecule has 0 saturated heterocycles. The molecule has 18 heavy (non-hydrogen) atoms. The summed E-state index contributed by atoms with van der Waals surface area (Å²) >= 11 is 0. The lowest BCUT2D eigenvalue weighted by atomic mass is 10.1. The number of hydrogen-bond donors (Lipinski definition) is 1. The molecule has 1 aromatic carbocycles. The summed E-state index contributed by atoms with van der Waals surface area (Å²) in [6, 6.07) is 9.57. The Kier molecular flexibility index (Phi) is 6.99. The maximum absolute atomic E-state index is 3.44. The molecule has 1 aromatic rings. The smallest absolute Gasteiger partial charge is 0.0207 e. The third-order valence-electron chi connectivity index (χ3n) is 3.28. The van der Waals surface area contributed by atoms with Crippen molar-refractivity contribution in [2.75, 3.05) is 20.1 Å². The Labute approximate surface area is 112 Å². The standard InChI is InChI=1S/C16H28N2/c1-5-18(4)12-6-7-15-8-10-16(11-9-15)13-17-14(2)3/h8-11,14,17H,5-7,12-13H2,1-4H3. The molecule has 2 nitrogen and oxygen atoms in total. The van der Waals surface area contributed by atoms with Crippen LogP contribution in [0.25, 0.3) is 0 Å². The Balaban J connectivity index is 2.31. The lowest BCUT2D eigenvalue weighted by Gasteiger charge is -2.13. The first-order valence-corrected chi connectivity index (χ1v) is 7.11. The summed E-state index contributed by atoms with van der Waals surface area (Å²) in [5, 5.41) is 3.44. The normalized spacial score (nSPS) is 11.4. The van der Waals surface area contributed by atoms with Gasteiger partial charge in [0.2, 0.25) is 0 Å². The van der Waals surface area contributed by atoms with Gasteiger partial charge in [-0.1, -0.05) is 45.0 Å². The van der Waals surface area contributed by atoms with Gasteiger partial charge in [-0.15, -0.1) is 0 Å². The third kappa shape index (κ3) is 6.18. The van der Waals surface area contributed by atoms with Crippen molar-refractivity contribution in [2.24, 2.45) is 0 Å². The van der Waals surface area contributed by atoms with Crippen molar-refractivity contribution in [2.45, 2.75) is 46.2 Å². The second kappa shape index (κ2) is 8.28. The molecule has 0 amide bonds. The summed E-state index contributed by atoms with van der Waals surface area (Å²) < 4.78 is 0. The Morgan fingerprint density at radius 1 is 1.11 bits per heavy atom. The van der Waals surface area contributed by atoms with Gasteiger partial charge in [-0.25, -0.2) is 0 Å². The molecule has 0 radical (unpaired) electrons. The highest BCUT2D eigenvalue weighted by Crippen LogP contribution is 2.07. The van der Waals surface area contributed by atoms with Gasteiger partial charge in [-0.05, 0) is 44.1 Å². The highest BCUT2D eigenvalue weighted by molar-refractivity contribution is 5.22. The molecule has 0 spiro atoms. The number of rotatable bonds is 8. The Hall–Kier alpha value is -0.860. The zero-order valence-electron chi connectivity index (χ0n) is 12.4. The number of nitrogens with zero attached hydrogens (tertiary/aromatic N) is 1. The van der Waals surface area contributed by atoms with Gasteiger partial charge in [0, 0.05) is 12.6 Å². The highest BCUT2D eigenvalue weighted by Gasteiger charge is 1.98. The number of hydrogen-bond acceptors (Lipinski definition) is 2. The maximum Gasteiger partial charge on any atom is 0.0207 e. The summed E-state index contributed by atoms with van der Waals surface area (Å²) in [5.41, 5.74) is 2.82. The number of aryl methyl sites for hydroxylation is 1. The van der Waals surface area contributed by atoms with Gasteiger partial charge >= 0.3 is 0 Å². The minimum atomic E-state index is 0.550. The van der Waals surface area contributed by atoms with Crippen LogP contribution in [0.1, 0.15) is 38.3 Å². The van der Waals surface area contributed by atoms with E-state index in [9.17, 15) is 0 Å². The molecular formula is C16H28N2. The topological polar surface area (TPSA) is 15.3 Å². The van der Waals surface area contributed by atoms with E-state index in [1.54, 1.807) is 0 Å². The van der Waals surface area contributed by atoms with Crippen LogP contribution in [0, 0.1) is 0 Å². The Morgan fingerprint density at radius 2 is 1.72 bits per heavy atom. The molecule has 0 aromatic heterocycles. The molecule has 0 saturated carbocycles. The predicted octanol–water partition coefficient (Wildman–Crippen LogP) is 3.07. The van der Waals surface area contributed by atoms with E-state index in [1.807, 2.05) is 0 Å². The molecule has 0 fully saturated rings. The zero-order chi connectivity index (χ0) is 13.4.